The standard InChI is InChI=1S/C13H28NO5P/c1-14(2,3)9-13(19-20(15,16)17)12-7-5-6-11(8-12)10-18-4/h11-13H,5-10H2,1-4H3,(H-,15,16,17). The molecule has 4 unspecified atom stereocenters. The van der Waals surface area contributed by atoms with Crippen LogP contribution in [0.2, 0.25) is 0 Å². The van der Waals surface area contributed by atoms with Gasteiger partial charge in [0.15, 0.2) is 0 Å². The van der Waals surface area contributed by atoms with E-state index in [1.165, 1.54) is 0 Å². The number of nitrogens with zero attached hydrogens (tertiary/aromatic N) is 1. The quantitative estimate of drug-likeness (QED) is 0.560. The van der Waals surface area contributed by atoms with E-state index in [2.05, 4.69) is 0 Å². The highest BCUT2D eigenvalue weighted by molar-refractivity contribution is 7.44. The third-order valence-electron chi connectivity index (χ3n) is 3.75. The number of phosphoric ester groups is 1. The van der Waals surface area contributed by atoms with Gasteiger partial charge in [-0.05, 0) is 31.1 Å². The van der Waals surface area contributed by atoms with Crippen LogP contribution in [0.15, 0.2) is 0 Å². The number of hydrogen-bond donors (Lipinski definition) is 1. The van der Waals surface area contributed by atoms with Gasteiger partial charge in [-0.25, -0.2) is 0 Å². The molecule has 0 saturated heterocycles. The molecule has 1 saturated carbocycles. The Balaban J connectivity index is 2.73. The number of rotatable bonds is 7. The van der Waals surface area contributed by atoms with Crippen LogP contribution in [-0.2, 0) is 13.8 Å². The molecule has 0 aromatic heterocycles. The molecule has 20 heavy (non-hydrogen) atoms. The largest absolute Gasteiger partial charge is 0.756 e. The summed E-state index contributed by atoms with van der Waals surface area (Å²) in [7, 11) is 2.94. The molecule has 120 valence electrons. The van der Waals surface area contributed by atoms with Gasteiger partial charge < -0.3 is 23.5 Å². The van der Waals surface area contributed by atoms with Crippen LogP contribution in [0, 0.1) is 11.8 Å². The highest BCUT2D eigenvalue weighted by Gasteiger charge is 2.34. The second-order valence-electron chi connectivity index (χ2n) is 6.83. The maximum Gasteiger partial charge on any atom is 0.265 e. The molecule has 0 heterocycles. The van der Waals surface area contributed by atoms with Crippen LogP contribution in [0.3, 0.4) is 0 Å². The molecule has 1 aliphatic rings. The van der Waals surface area contributed by atoms with Crippen molar-refractivity contribution in [3.63, 3.8) is 0 Å². The molecular weight excluding hydrogens is 281 g/mol. The molecule has 0 aliphatic heterocycles. The van der Waals surface area contributed by atoms with Crippen molar-refractivity contribution in [3.05, 3.63) is 0 Å². The Morgan fingerprint density at radius 2 is 2.05 bits per heavy atom. The van der Waals surface area contributed by atoms with Crippen molar-refractivity contribution in [1.82, 2.24) is 0 Å². The molecule has 7 heteroatoms. The smallest absolute Gasteiger partial charge is 0.265 e. The van der Waals surface area contributed by atoms with Gasteiger partial charge >= 0.3 is 0 Å². The first-order valence-corrected chi connectivity index (χ1v) is 8.62. The van der Waals surface area contributed by atoms with Gasteiger partial charge in [-0.1, -0.05) is 6.42 Å². The first-order chi connectivity index (χ1) is 9.11. The monoisotopic (exact) mass is 309 g/mol. The van der Waals surface area contributed by atoms with Crippen LogP contribution in [0.4, 0.5) is 0 Å². The maximum absolute atomic E-state index is 11.1. The summed E-state index contributed by atoms with van der Waals surface area (Å²) in [6.45, 7) is 1.25. The van der Waals surface area contributed by atoms with Gasteiger partial charge in [0, 0.05) is 13.7 Å². The van der Waals surface area contributed by atoms with E-state index in [0.29, 0.717) is 23.6 Å². The molecule has 0 spiro atoms. The van der Waals surface area contributed by atoms with Crippen LogP contribution in [0.25, 0.3) is 0 Å². The maximum atomic E-state index is 11.1. The fourth-order valence-corrected chi connectivity index (χ4v) is 3.62. The van der Waals surface area contributed by atoms with E-state index in [9.17, 15) is 9.46 Å². The van der Waals surface area contributed by atoms with Gasteiger partial charge in [0.25, 0.3) is 7.82 Å². The van der Waals surface area contributed by atoms with E-state index in [4.69, 9.17) is 14.2 Å². The average molecular weight is 309 g/mol. The zero-order valence-electron chi connectivity index (χ0n) is 12.9. The summed E-state index contributed by atoms with van der Waals surface area (Å²) in [6.07, 6.45) is 3.51. The fourth-order valence-electron chi connectivity index (χ4n) is 3.04. The summed E-state index contributed by atoms with van der Waals surface area (Å²) in [5.41, 5.74) is 0. The van der Waals surface area contributed by atoms with Crippen molar-refractivity contribution in [2.75, 3.05) is 41.4 Å². The number of quaternary nitrogens is 1. The number of phosphoric acid groups is 1. The minimum atomic E-state index is -4.70. The van der Waals surface area contributed by atoms with Crippen molar-refractivity contribution in [3.8, 4) is 0 Å². The number of hydrogen-bond acceptors (Lipinski definition) is 4. The Kier molecular flexibility index (Phi) is 6.64. The van der Waals surface area contributed by atoms with Gasteiger partial charge in [-0.3, -0.25) is 4.57 Å². The summed E-state index contributed by atoms with van der Waals surface area (Å²) in [5, 5.41) is 0. The van der Waals surface area contributed by atoms with Crippen molar-refractivity contribution in [2.45, 2.75) is 31.8 Å². The molecule has 1 N–H and O–H groups in total. The lowest BCUT2D eigenvalue weighted by atomic mass is 9.79. The van der Waals surface area contributed by atoms with Crippen LogP contribution < -0.4 is 4.89 Å². The van der Waals surface area contributed by atoms with Crippen LogP contribution in [0.5, 0.6) is 0 Å². The highest BCUT2D eigenvalue weighted by Crippen LogP contribution is 2.40. The normalized spacial score (nSPS) is 28.9. The Bertz CT molecular complexity index is 336. The Morgan fingerprint density at radius 1 is 1.40 bits per heavy atom. The van der Waals surface area contributed by atoms with Crippen molar-refractivity contribution >= 4 is 7.82 Å². The zero-order chi connectivity index (χ0) is 15.4. The zero-order valence-corrected chi connectivity index (χ0v) is 13.8. The van der Waals surface area contributed by atoms with Crippen LogP contribution in [0.1, 0.15) is 25.7 Å². The third-order valence-corrected chi connectivity index (χ3v) is 4.28. The van der Waals surface area contributed by atoms with Crippen LogP contribution in [-0.4, -0.2) is 56.9 Å². The van der Waals surface area contributed by atoms with Gasteiger partial charge in [0.1, 0.15) is 12.6 Å². The SMILES string of the molecule is COCC1CCCC(C(C[N+](C)(C)C)OP(=O)([O-])O)C1. The van der Waals surface area contributed by atoms with E-state index in [0.717, 1.165) is 25.7 Å². The van der Waals surface area contributed by atoms with E-state index in [1.54, 1.807) is 7.11 Å². The molecule has 6 nitrogen and oxygen atoms in total. The van der Waals surface area contributed by atoms with Gasteiger partial charge in [0.2, 0.25) is 0 Å². The molecule has 1 fully saturated rings. The lowest BCUT2D eigenvalue weighted by Gasteiger charge is -2.38. The molecule has 1 aliphatic carbocycles. The molecule has 4 atom stereocenters. The van der Waals surface area contributed by atoms with E-state index in [-0.39, 0.29) is 5.92 Å². The van der Waals surface area contributed by atoms with E-state index >= 15 is 0 Å². The molecular formula is C13H28NO5P. The lowest BCUT2D eigenvalue weighted by Crippen LogP contribution is -2.46. The topological polar surface area (TPSA) is 78.8 Å². The second-order valence-corrected chi connectivity index (χ2v) is 7.98. The molecule has 1 rings (SSSR count). The van der Waals surface area contributed by atoms with Crippen molar-refractivity contribution in [1.29, 1.82) is 0 Å². The number of ether oxygens (including phenoxy) is 1. The summed E-state index contributed by atoms with van der Waals surface area (Å²) in [4.78, 5) is 20.1. The van der Waals surface area contributed by atoms with Gasteiger partial charge in [-0.15, -0.1) is 0 Å². The first kappa shape index (κ1) is 18.1. The lowest BCUT2D eigenvalue weighted by molar-refractivity contribution is -0.873. The predicted octanol–water partition coefficient (Wildman–Crippen LogP) is 0.991. The molecule has 0 aromatic carbocycles. The number of methoxy groups -OCH3 is 1. The highest BCUT2D eigenvalue weighted by atomic mass is 31.2. The Labute approximate surface area is 121 Å². The minimum absolute atomic E-state index is 0.149. The van der Waals surface area contributed by atoms with Gasteiger partial charge in [0.05, 0.1) is 21.1 Å². The molecule has 0 bridgehead atoms. The molecule has 0 amide bonds. The summed E-state index contributed by atoms with van der Waals surface area (Å²) in [5.74, 6) is 0.595. The summed E-state index contributed by atoms with van der Waals surface area (Å²) < 4.78 is 21.9. The first-order valence-electron chi connectivity index (χ1n) is 7.12. The minimum Gasteiger partial charge on any atom is -0.756 e. The average Bonchev–Trinajstić information content (AvgIpc) is 2.25. The Hall–Kier alpha value is 0.0300. The fraction of sp³-hybridized carbons (Fsp3) is 1.00. The third kappa shape index (κ3) is 7.16. The van der Waals surface area contributed by atoms with E-state index < -0.39 is 13.9 Å². The Morgan fingerprint density at radius 3 is 2.55 bits per heavy atom. The van der Waals surface area contributed by atoms with E-state index in [1.807, 2.05) is 21.1 Å². The second kappa shape index (κ2) is 7.34. The molecule has 0 radical (unpaired) electrons. The van der Waals surface area contributed by atoms with Crippen molar-refractivity contribution < 1.29 is 28.1 Å². The van der Waals surface area contributed by atoms with Crippen LogP contribution >= 0.6 is 7.82 Å². The summed E-state index contributed by atoms with van der Waals surface area (Å²) >= 11 is 0. The number of likely N-dealkylation sites (N-methyl/N-ethyl adjacent to an activating group) is 1. The summed E-state index contributed by atoms with van der Waals surface area (Å²) in [6, 6.07) is 0. The van der Waals surface area contributed by atoms with Gasteiger partial charge in [-0.2, -0.15) is 0 Å². The van der Waals surface area contributed by atoms with Crippen molar-refractivity contribution in [2.24, 2.45) is 11.8 Å². The molecule has 0 aromatic rings. The predicted molar refractivity (Wildman–Crippen MR) is 74.9 cm³/mol.